The summed E-state index contributed by atoms with van der Waals surface area (Å²) in [7, 11) is 0. The molecule has 1 saturated carbocycles. The number of rotatable bonds is 3. The highest BCUT2D eigenvalue weighted by Gasteiger charge is 2.47. The summed E-state index contributed by atoms with van der Waals surface area (Å²) in [6.07, 6.45) is 7.27. The molecule has 1 aliphatic heterocycles. The summed E-state index contributed by atoms with van der Waals surface area (Å²) in [5.74, 6) is 2.08. The average Bonchev–Trinajstić information content (AvgIpc) is 2.97. The molecular weight excluding hydrogens is 226 g/mol. The minimum atomic E-state index is -0.930. The van der Waals surface area contributed by atoms with Crippen molar-refractivity contribution in [2.75, 3.05) is 5.75 Å². The molecule has 2 aliphatic rings. The summed E-state index contributed by atoms with van der Waals surface area (Å²) in [5.41, 5.74) is 0. The molecule has 0 aromatic rings. The van der Waals surface area contributed by atoms with E-state index < -0.39 is 12.0 Å². The molecule has 1 heterocycles. The Morgan fingerprint density at radius 3 is 2.69 bits per heavy atom. The summed E-state index contributed by atoms with van der Waals surface area (Å²) in [6, 6.07) is -0.698. The highest BCUT2D eigenvalue weighted by atomic mass is 32.2. The number of hydrogen-bond acceptors (Lipinski definition) is 3. The van der Waals surface area contributed by atoms with Crippen LogP contribution in [0.15, 0.2) is 0 Å². The van der Waals surface area contributed by atoms with Crippen LogP contribution in [0.2, 0.25) is 0 Å². The maximum Gasteiger partial charge on any atom is 0.327 e. The molecule has 0 radical (unpaired) electrons. The predicted octanol–water partition coefficient (Wildman–Crippen LogP) is 0.774. The van der Waals surface area contributed by atoms with Gasteiger partial charge in [0.15, 0.2) is 0 Å². The van der Waals surface area contributed by atoms with Gasteiger partial charge in [0, 0.05) is 5.75 Å². The van der Waals surface area contributed by atoms with Gasteiger partial charge in [-0.3, -0.25) is 4.79 Å². The van der Waals surface area contributed by atoms with Gasteiger partial charge in [0.2, 0.25) is 5.91 Å². The van der Waals surface area contributed by atoms with Crippen molar-refractivity contribution in [3.8, 4) is 12.3 Å². The molecule has 1 aliphatic carbocycles. The number of carboxylic acids is 1. The van der Waals surface area contributed by atoms with E-state index in [1.54, 1.807) is 11.8 Å². The number of carbonyl (C=O) groups excluding carboxylic acids is 1. The minimum Gasteiger partial charge on any atom is -0.480 e. The van der Waals surface area contributed by atoms with Crippen LogP contribution in [0.1, 0.15) is 19.3 Å². The lowest BCUT2D eigenvalue weighted by atomic mass is 10.2. The van der Waals surface area contributed by atoms with Crippen molar-refractivity contribution >= 4 is 23.6 Å². The zero-order valence-electron chi connectivity index (χ0n) is 8.76. The van der Waals surface area contributed by atoms with Crippen LogP contribution in [-0.4, -0.2) is 39.1 Å². The molecule has 1 amide bonds. The SMILES string of the molecule is C#CCC(=O)N1C(C(=O)O)CSC1C1CC1. The molecular formula is C11H13NO3S. The lowest BCUT2D eigenvalue weighted by Gasteiger charge is -2.26. The number of hydrogen-bond donors (Lipinski definition) is 1. The standard InChI is InChI=1S/C11H13NO3S/c1-2-3-9(13)12-8(11(14)15)6-16-10(12)7-4-5-7/h1,7-8,10H,3-6H2,(H,14,15). The second-order valence-electron chi connectivity index (χ2n) is 4.10. The van der Waals surface area contributed by atoms with E-state index in [2.05, 4.69) is 5.92 Å². The molecule has 2 atom stereocenters. The molecule has 0 aromatic heterocycles. The first kappa shape index (κ1) is 11.3. The summed E-state index contributed by atoms with van der Waals surface area (Å²) in [4.78, 5) is 24.4. The van der Waals surface area contributed by atoms with E-state index in [1.165, 1.54) is 4.90 Å². The van der Waals surface area contributed by atoms with E-state index in [9.17, 15) is 9.59 Å². The summed E-state index contributed by atoms with van der Waals surface area (Å²) >= 11 is 1.57. The fourth-order valence-electron chi connectivity index (χ4n) is 1.96. The number of aliphatic carboxylic acids is 1. The lowest BCUT2D eigenvalue weighted by Crippen LogP contribution is -2.46. The number of amides is 1. The van der Waals surface area contributed by atoms with Crippen molar-refractivity contribution in [1.29, 1.82) is 0 Å². The van der Waals surface area contributed by atoms with Crippen molar-refractivity contribution in [2.45, 2.75) is 30.7 Å². The number of thioether (sulfide) groups is 1. The highest BCUT2D eigenvalue weighted by molar-refractivity contribution is 8.00. The van der Waals surface area contributed by atoms with Gasteiger partial charge < -0.3 is 10.0 Å². The molecule has 0 aromatic carbocycles. The molecule has 2 fully saturated rings. The highest BCUT2D eigenvalue weighted by Crippen LogP contribution is 2.45. The number of nitrogens with zero attached hydrogens (tertiary/aromatic N) is 1. The molecule has 0 bridgehead atoms. The molecule has 16 heavy (non-hydrogen) atoms. The van der Waals surface area contributed by atoms with E-state index in [4.69, 9.17) is 11.5 Å². The summed E-state index contributed by atoms with van der Waals surface area (Å²) in [5, 5.41) is 9.09. The predicted molar refractivity (Wildman–Crippen MR) is 60.7 cm³/mol. The molecule has 5 heteroatoms. The van der Waals surface area contributed by atoms with Crippen LogP contribution >= 0.6 is 11.8 Å². The number of carbonyl (C=O) groups is 2. The van der Waals surface area contributed by atoms with Crippen LogP contribution in [0, 0.1) is 18.3 Å². The maximum atomic E-state index is 11.8. The summed E-state index contributed by atoms with van der Waals surface area (Å²) < 4.78 is 0. The molecule has 1 N–H and O–H groups in total. The maximum absolute atomic E-state index is 11.8. The third kappa shape index (κ3) is 2.03. The molecule has 2 unspecified atom stereocenters. The largest absolute Gasteiger partial charge is 0.480 e. The van der Waals surface area contributed by atoms with E-state index in [0.717, 1.165) is 12.8 Å². The molecule has 86 valence electrons. The van der Waals surface area contributed by atoms with Crippen LogP contribution in [0.5, 0.6) is 0 Å². The van der Waals surface area contributed by atoms with Gasteiger partial charge in [-0.2, -0.15) is 0 Å². The van der Waals surface area contributed by atoms with Crippen molar-refractivity contribution in [1.82, 2.24) is 4.90 Å². The van der Waals surface area contributed by atoms with Crippen molar-refractivity contribution in [3.05, 3.63) is 0 Å². The third-order valence-corrected chi connectivity index (χ3v) is 4.35. The Hall–Kier alpha value is -1.15. The van der Waals surface area contributed by atoms with Crippen LogP contribution in [-0.2, 0) is 9.59 Å². The van der Waals surface area contributed by atoms with E-state index in [1.807, 2.05) is 0 Å². The van der Waals surface area contributed by atoms with E-state index in [0.29, 0.717) is 11.7 Å². The Balaban J connectivity index is 2.14. The fraction of sp³-hybridized carbons (Fsp3) is 0.636. The van der Waals surface area contributed by atoms with Gasteiger partial charge in [0.1, 0.15) is 6.04 Å². The average molecular weight is 239 g/mol. The Morgan fingerprint density at radius 1 is 1.50 bits per heavy atom. The Morgan fingerprint density at radius 2 is 2.19 bits per heavy atom. The molecule has 1 saturated heterocycles. The Kier molecular flexibility index (Phi) is 3.10. The Bertz CT molecular complexity index is 359. The topological polar surface area (TPSA) is 57.6 Å². The van der Waals surface area contributed by atoms with Gasteiger partial charge >= 0.3 is 5.97 Å². The molecule has 4 nitrogen and oxygen atoms in total. The lowest BCUT2D eigenvalue weighted by molar-refractivity contribution is -0.148. The van der Waals surface area contributed by atoms with Gasteiger partial charge in [-0.15, -0.1) is 18.2 Å². The first-order chi connectivity index (χ1) is 7.65. The minimum absolute atomic E-state index is 0.00639. The Labute approximate surface area is 98.4 Å². The normalized spacial score (nSPS) is 28.8. The van der Waals surface area contributed by atoms with Crippen LogP contribution in [0.4, 0.5) is 0 Å². The van der Waals surface area contributed by atoms with Gasteiger partial charge in [-0.05, 0) is 18.8 Å². The first-order valence-electron chi connectivity index (χ1n) is 5.24. The van der Waals surface area contributed by atoms with Gasteiger partial charge in [-0.25, -0.2) is 4.79 Å². The second kappa shape index (κ2) is 4.38. The van der Waals surface area contributed by atoms with Crippen LogP contribution in [0.3, 0.4) is 0 Å². The van der Waals surface area contributed by atoms with Crippen molar-refractivity contribution in [2.24, 2.45) is 5.92 Å². The van der Waals surface area contributed by atoms with Gasteiger partial charge in [0.05, 0.1) is 11.8 Å². The fourth-order valence-corrected chi connectivity index (χ4v) is 3.61. The second-order valence-corrected chi connectivity index (χ2v) is 5.25. The zero-order chi connectivity index (χ0) is 11.7. The van der Waals surface area contributed by atoms with Crippen LogP contribution < -0.4 is 0 Å². The molecule has 0 spiro atoms. The quantitative estimate of drug-likeness (QED) is 0.739. The van der Waals surface area contributed by atoms with E-state index >= 15 is 0 Å². The third-order valence-electron chi connectivity index (χ3n) is 2.89. The van der Waals surface area contributed by atoms with Crippen LogP contribution in [0.25, 0.3) is 0 Å². The first-order valence-corrected chi connectivity index (χ1v) is 6.29. The smallest absolute Gasteiger partial charge is 0.327 e. The zero-order valence-corrected chi connectivity index (χ0v) is 9.57. The monoisotopic (exact) mass is 239 g/mol. The van der Waals surface area contributed by atoms with Crippen molar-refractivity contribution < 1.29 is 14.7 Å². The van der Waals surface area contributed by atoms with Gasteiger partial charge in [-0.1, -0.05) is 5.92 Å². The summed E-state index contributed by atoms with van der Waals surface area (Å²) in [6.45, 7) is 0. The number of terminal acetylenes is 1. The van der Waals surface area contributed by atoms with Crippen molar-refractivity contribution in [3.63, 3.8) is 0 Å². The van der Waals surface area contributed by atoms with E-state index in [-0.39, 0.29) is 17.7 Å². The molecule has 2 rings (SSSR count). The number of carboxylic acid groups (broad SMARTS) is 1. The van der Waals surface area contributed by atoms with Gasteiger partial charge in [0.25, 0.3) is 0 Å².